The number of rotatable bonds is 10. The van der Waals surface area contributed by atoms with Crippen LogP contribution in [0.25, 0.3) is 11.1 Å². The fourth-order valence-corrected chi connectivity index (χ4v) is 4.98. The van der Waals surface area contributed by atoms with Crippen LogP contribution in [0, 0.1) is 5.82 Å². The first-order valence-electron chi connectivity index (χ1n) is 12.9. The van der Waals surface area contributed by atoms with Crippen LogP contribution in [0.4, 0.5) is 10.2 Å². The molecular weight excluding hydrogens is 514 g/mol. The Labute approximate surface area is 229 Å². The molecule has 1 aromatic carbocycles. The van der Waals surface area contributed by atoms with Crippen molar-refractivity contribution in [1.82, 2.24) is 25.0 Å². The van der Waals surface area contributed by atoms with Gasteiger partial charge in [0.2, 0.25) is 0 Å². The number of nitrogen functional groups attached to an aromatic ring is 1. The highest BCUT2D eigenvalue weighted by Crippen LogP contribution is 2.36. The minimum absolute atomic E-state index is 0.0700. The van der Waals surface area contributed by atoms with E-state index in [-0.39, 0.29) is 10.8 Å². The molecule has 7 nitrogen and oxygen atoms in total. The first-order valence-corrected chi connectivity index (χ1v) is 13.7. The van der Waals surface area contributed by atoms with Gasteiger partial charge in [0.15, 0.2) is 11.6 Å². The van der Waals surface area contributed by atoms with Crippen molar-refractivity contribution in [2.75, 3.05) is 31.9 Å². The molecule has 2 unspecified atom stereocenters. The first kappa shape index (κ1) is 29.2. The van der Waals surface area contributed by atoms with Crippen LogP contribution >= 0.6 is 23.2 Å². The Morgan fingerprint density at radius 1 is 1.22 bits per heavy atom. The van der Waals surface area contributed by atoms with Gasteiger partial charge >= 0.3 is 0 Å². The summed E-state index contributed by atoms with van der Waals surface area (Å²) in [5, 5.41) is 8.36. The molecule has 3 aromatic rings. The second-order valence-corrected chi connectivity index (χ2v) is 9.64. The van der Waals surface area contributed by atoms with Crippen molar-refractivity contribution in [3.05, 3.63) is 58.2 Å². The van der Waals surface area contributed by atoms with Crippen LogP contribution in [0.15, 0.2) is 36.8 Å². The van der Waals surface area contributed by atoms with E-state index in [1.165, 1.54) is 18.6 Å². The van der Waals surface area contributed by atoms with Crippen LogP contribution in [-0.4, -0.2) is 51.9 Å². The van der Waals surface area contributed by atoms with Crippen LogP contribution in [-0.2, 0) is 6.54 Å². The highest BCUT2D eigenvalue weighted by molar-refractivity contribution is 6.36. The quantitative estimate of drug-likeness (QED) is 0.292. The maximum atomic E-state index is 14.0. The Morgan fingerprint density at radius 2 is 2.00 bits per heavy atom. The van der Waals surface area contributed by atoms with Gasteiger partial charge in [-0.3, -0.25) is 9.58 Å². The molecule has 2 atom stereocenters. The summed E-state index contributed by atoms with van der Waals surface area (Å²) in [6, 6.07) is 5.06. The van der Waals surface area contributed by atoms with Gasteiger partial charge in [0, 0.05) is 53.2 Å². The molecule has 0 radical (unpaired) electrons. The number of benzene rings is 1. The average molecular weight is 552 g/mol. The lowest BCUT2D eigenvalue weighted by Crippen LogP contribution is -2.34. The van der Waals surface area contributed by atoms with E-state index in [4.69, 9.17) is 33.7 Å². The summed E-state index contributed by atoms with van der Waals surface area (Å²) in [6.07, 6.45) is 7.18. The molecule has 4 rings (SSSR count). The first-order chi connectivity index (χ1) is 17.9. The smallest absolute Gasteiger partial charge is 0.166 e. The van der Waals surface area contributed by atoms with E-state index in [2.05, 4.69) is 27.2 Å². The van der Waals surface area contributed by atoms with E-state index in [9.17, 15) is 4.39 Å². The lowest BCUT2D eigenvalue weighted by Gasteiger charge is -2.19. The molecule has 3 N–H and O–H groups in total. The van der Waals surface area contributed by atoms with Crippen molar-refractivity contribution >= 4 is 29.0 Å². The van der Waals surface area contributed by atoms with E-state index in [0.717, 1.165) is 50.3 Å². The van der Waals surface area contributed by atoms with Gasteiger partial charge in [-0.05, 0) is 51.1 Å². The summed E-state index contributed by atoms with van der Waals surface area (Å²) in [4.78, 5) is 6.74. The van der Waals surface area contributed by atoms with Crippen molar-refractivity contribution in [1.29, 1.82) is 0 Å². The van der Waals surface area contributed by atoms with Crippen LogP contribution in [0.1, 0.15) is 52.2 Å². The molecule has 1 fully saturated rings. The molecule has 0 saturated carbocycles. The zero-order valence-electron chi connectivity index (χ0n) is 22.0. The summed E-state index contributed by atoms with van der Waals surface area (Å²) in [5.74, 6) is 0.0224. The molecule has 202 valence electrons. The maximum Gasteiger partial charge on any atom is 0.166 e. The SMILES string of the molecule is CC.CCCNC1CCN(CCn2cc(-c3cnc(N)c(OC(C)c4c(Cl)ccc(F)c4Cl)c3)cn2)C1. The molecular formula is C27H37Cl2FN6O. The van der Waals surface area contributed by atoms with E-state index in [1.807, 2.05) is 24.7 Å². The van der Waals surface area contributed by atoms with Crippen LogP contribution < -0.4 is 15.8 Å². The van der Waals surface area contributed by atoms with E-state index >= 15 is 0 Å². The maximum absolute atomic E-state index is 14.0. The monoisotopic (exact) mass is 550 g/mol. The van der Waals surface area contributed by atoms with Gasteiger partial charge < -0.3 is 15.8 Å². The summed E-state index contributed by atoms with van der Waals surface area (Å²) in [6.45, 7) is 12.9. The molecule has 1 saturated heterocycles. The van der Waals surface area contributed by atoms with E-state index < -0.39 is 11.9 Å². The zero-order chi connectivity index (χ0) is 26.9. The van der Waals surface area contributed by atoms with E-state index in [0.29, 0.717) is 22.4 Å². The van der Waals surface area contributed by atoms with E-state index in [1.54, 1.807) is 25.4 Å². The van der Waals surface area contributed by atoms with Crippen LogP contribution in [0.2, 0.25) is 10.0 Å². The number of ether oxygens (including phenoxy) is 1. The standard InChI is InChI=1S/C25H31Cl2FN6O.C2H6/c1-3-7-30-19-6-8-33(15-19)9-10-34-14-18(13-32-34)17-11-22(25(29)31-12-17)35-16(2)23-20(26)4-5-21(28)24(23)27;1-2/h4-5,11-14,16,19,30H,3,6-10,15H2,1-2H3,(H2,29,31);1-2H3. The largest absolute Gasteiger partial charge is 0.482 e. The fraction of sp³-hybridized carbons (Fsp3) is 0.481. The minimum atomic E-state index is -0.635. The molecule has 0 amide bonds. The van der Waals surface area contributed by atoms with Gasteiger partial charge in [-0.25, -0.2) is 9.37 Å². The number of pyridine rings is 1. The highest BCUT2D eigenvalue weighted by Gasteiger charge is 2.22. The summed E-state index contributed by atoms with van der Waals surface area (Å²) in [5.41, 5.74) is 8.14. The van der Waals surface area contributed by atoms with Gasteiger partial charge in [0.05, 0.1) is 17.8 Å². The normalized spacial score (nSPS) is 16.4. The van der Waals surface area contributed by atoms with Gasteiger partial charge in [0.1, 0.15) is 11.9 Å². The third-order valence-corrected chi connectivity index (χ3v) is 6.95. The van der Waals surface area contributed by atoms with Crippen molar-refractivity contribution < 1.29 is 9.13 Å². The van der Waals surface area contributed by atoms with Gasteiger partial charge in [-0.1, -0.05) is 44.0 Å². The van der Waals surface area contributed by atoms with Crippen molar-refractivity contribution in [3.8, 4) is 16.9 Å². The number of nitrogens with one attached hydrogen (secondary N) is 1. The predicted octanol–water partition coefficient (Wildman–Crippen LogP) is 6.21. The lowest BCUT2D eigenvalue weighted by atomic mass is 10.1. The average Bonchev–Trinajstić information content (AvgIpc) is 3.56. The van der Waals surface area contributed by atoms with Crippen LogP contribution in [0.5, 0.6) is 5.75 Å². The molecule has 0 aliphatic carbocycles. The molecule has 1 aliphatic rings. The summed E-state index contributed by atoms with van der Waals surface area (Å²) >= 11 is 12.4. The second-order valence-electron chi connectivity index (χ2n) is 8.86. The van der Waals surface area contributed by atoms with Crippen molar-refractivity contribution in [2.45, 2.75) is 59.2 Å². The van der Waals surface area contributed by atoms with Gasteiger partial charge in [0.25, 0.3) is 0 Å². The molecule has 0 bridgehead atoms. The number of hydrogen-bond donors (Lipinski definition) is 2. The predicted molar refractivity (Wildman–Crippen MR) is 150 cm³/mol. The number of nitrogens with two attached hydrogens (primary N) is 1. The Balaban J connectivity index is 0.00000186. The molecule has 37 heavy (non-hydrogen) atoms. The molecule has 10 heteroatoms. The fourth-order valence-electron chi connectivity index (χ4n) is 4.30. The third-order valence-electron chi connectivity index (χ3n) is 6.24. The summed E-state index contributed by atoms with van der Waals surface area (Å²) < 4.78 is 21.9. The topological polar surface area (TPSA) is 81.2 Å². The highest BCUT2D eigenvalue weighted by atomic mass is 35.5. The Morgan fingerprint density at radius 3 is 2.76 bits per heavy atom. The number of hydrogen-bond acceptors (Lipinski definition) is 6. The van der Waals surface area contributed by atoms with Crippen LogP contribution in [0.3, 0.4) is 0 Å². The Bertz CT molecular complexity index is 1160. The summed E-state index contributed by atoms with van der Waals surface area (Å²) in [7, 11) is 0. The van der Waals surface area contributed by atoms with Crippen molar-refractivity contribution in [3.63, 3.8) is 0 Å². The zero-order valence-corrected chi connectivity index (χ0v) is 23.5. The Kier molecular flexibility index (Phi) is 11.0. The number of nitrogens with zero attached hydrogens (tertiary/aromatic N) is 4. The molecule has 2 aromatic heterocycles. The number of halogens is 3. The number of aromatic nitrogens is 3. The number of likely N-dealkylation sites (tertiary alicyclic amines) is 1. The molecule has 0 spiro atoms. The lowest BCUT2D eigenvalue weighted by molar-refractivity contribution is 0.227. The minimum Gasteiger partial charge on any atom is -0.482 e. The van der Waals surface area contributed by atoms with Gasteiger partial charge in [-0.2, -0.15) is 5.10 Å². The molecule has 3 heterocycles. The third kappa shape index (κ3) is 7.57. The van der Waals surface area contributed by atoms with Crippen molar-refractivity contribution in [2.24, 2.45) is 0 Å². The molecule has 1 aliphatic heterocycles. The number of anilines is 1. The Hall–Kier alpha value is -2.39. The van der Waals surface area contributed by atoms with Gasteiger partial charge in [-0.15, -0.1) is 0 Å². The second kappa shape index (κ2) is 14.0.